The van der Waals surface area contributed by atoms with E-state index in [0.29, 0.717) is 23.1 Å². The topological polar surface area (TPSA) is 109 Å². The van der Waals surface area contributed by atoms with Gasteiger partial charge < -0.3 is 15.4 Å². The molecule has 4 rings (SSSR count). The maximum Gasteiger partial charge on any atom is 0.270 e. The van der Waals surface area contributed by atoms with E-state index in [2.05, 4.69) is 15.7 Å². The summed E-state index contributed by atoms with van der Waals surface area (Å²) >= 11 is 1.32. The summed E-state index contributed by atoms with van der Waals surface area (Å²) in [4.78, 5) is 23.9. The second-order valence-corrected chi connectivity index (χ2v) is 7.64. The Labute approximate surface area is 177 Å². The number of benzene rings is 2. The molecule has 0 saturated carbocycles. The van der Waals surface area contributed by atoms with Crippen LogP contribution < -0.4 is 15.4 Å². The lowest BCUT2D eigenvalue weighted by Gasteiger charge is -2.43. The third kappa shape index (κ3) is 3.54. The van der Waals surface area contributed by atoms with Crippen LogP contribution in [0.25, 0.3) is 0 Å². The molecule has 2 aromatic rings. The summed E-state index contributed by atoms with van der Waals surface area (Å²) in [6, 6.07) is 11.3. The Balaban J connectivity index is 1.88. The fourth-order valence-electron chi connectivity index (χ4n) is 3.57. The van der Waals surface area contributed by atoms with Gasteiger partial charge in [0.25, 0.3) is 11.6 Å². The van der Waals surface area contributed by atoms with E-state index in [1.165, 1.54) is 23.9 Å². The van der Waals surface area contributed by atoms with Gasteiger partial charge in [-0.15, -0.1) is 5.10 Å². The van der Waals surface area contributed by atoms with Gasteiger partial charge in [0.15, 0.2) is 11.2 Å². The summed E-state index contributed by atoms with van der Waals surface area (Å²) in [5.41, 5.74) is 2.06. The van der Waals surface area contributed by atoms with Crippen molar-refractivity contribution in [3.05, 3.63) is 63.7 Å². The van der Waals surface area contributed by atoms with Gasteiger partial charge in [0.05, 0.1) is 11.5 Å². The first-order chi connectivity index (χ1) is 14.5. The molecule has 2 aliphatic heterocycles. The highest BCUT2D eigenvalue weighted by atomic mass is 32.2. The average Bonchev–Trinajstić information content (AvgIpc) is 2.76. The fraction of sp³-hybridized carbons (Fsp3) is 0.300. The summed E-state index contributed by atoms with van der Waals surface area (Å²) in [6.45, 7) is 2.46. The van der Waals surface area contributed by atoms with Gasteiger partial charge in [-0.2, -0.15) is 0 Å². The SMILES string of the molecule is CCCOc1ccc([N+](=O)[O-])cc1C1Nc2ccccc2C2C(=O)NC(SC)=NN12. The van der Waals surface area contributed by atoms with Gasteiger partial charge in [-0.05, 0) is 24.8 Å². The number of hydrazone groups is 1. The van der Waals surface area contributed by atoms with E-state index in [0.717, 1.165) is 17.7 Å². The van der Waals surface area contributed by atoms with Crippen molar-refractivity contribution in [1.29, 1.82) is 0 Å². The number of nitro benzene ring substituents is 1. The Kier molecular flexibility index (Phi) is 5.49. The minimum absolute atomic E-state index is 0.0541. The number of anilines is 1. The molecule has 0 spiro atoms. The summed E-state index contributed by atoms with van der Waals surface area (Å²) in [7, 11) is 0. The van der Waals surface area contributed by atoms with Crippen LogP contribution in [0.4, 0.5) is 11.4 Å². The number of carbonyl (C=O) groups is 1. The van der Waals surface area contributed by atoms with Crippen molar-refractivity contribution in [2.24, 2.45) is 5.10 Å². The van der Waals surface area contributed by atoms with E-state index in [4.69, 9.17) is 4.74 Å². The predicted molar refractivity (Wildman–Crippen MR) is 115 cm³/mol. The van der Waals surface area contributed by atoms with Crippen molar-refractivity contribution in [1.82, 2.24) is 10.3 Å². The van der Waals surface area contributed by atoms with Crippen LogP contribution in [0.1, 0.15) is 36.7 Å². The van der Waals surface area contributed by atoms with Crippen molar-refractivity contribution >= 4 is 34.2 Å². The third-order valence-corrected chi connectivity index (χ3v) is 5.49. The molecule has 10 heteroatoms. The van der Waals surface area contributed by atoms with Crippen LogP contribution in [0, 0.1) is 10.1 Å². The van der Waals surface area contributed by atoms with Gasteiger partial charge >= 0.3 is 0 Å². The van der Waals surface area contributed by atoms with E-state index < -0.39 is 17.1 Å². The number of carbonyl (C=O) groups excluding carboxylic acids is 1. The standard InChI is InChI=1S/C20H21N5O4S/c1-3-10-29-16-9-8-12(25(27)28)11-14(16)18-21-15-7-5-4-6-13(15)17-19(26)22-20(30-2)23-24(17)18/h4-9,11,17-18,21H,3,10H2,1-2H3,(H,22,23,26). The molecular weight excluding hydrogens is 406 g/mol. The molecular formula is C20H21N5O4S. The lowest BCUT2D eigenvalue weighted by atomic mass is 9.96. The van der Waals surface area contributed by atoms with Gasteiger partial charge in [0.2, 0.25) is 0 Å². The summed E-state index contributed by atoms with van der Waals surface area (Å²) in [5, 5.41) is 24.4. The summed E-state index contributed by atoms with van der Waals surface area (Å²) in [5.74, 6) is 0.319. The summed E-state index contributed by atoms with van der Waals surface area (Å²) < 4.78 is 5.88. The first-order valence-corrected chi connectivity index (χ1v) is 10.7. The molecule has 2 aromatic carbocycles. The highest BCUT2D eigenvalue weighted by Crippen LogP contribution is 2.45. The zero-order chi connectivity index (χ0) is 21.3. The third-order valence-electron chi connectivity index (χ3n) is 4.92. The number of fused-ring (bicyclic) bond motifs is 3. The van der Waals surface area contributed by atoms with Gasteiger partial charge in [-0.1, -0.05) is 36.9 Å². The first kappa shape index (κ1) is 20.0. The smallest absolute Gasteiger partial charge is 0.270 e. The van der Waals surface area contributed by atoms with Crippen LogP contribution in [0.3, 0.4) is 0 Å². The minimum Gasteiger partial charge on any atom is -0.493 e. The quantitative estimate of drug-likeness (QED) is 0.554. The largest absolute Gasteiger partial charge is 0.493 e. The van der Waals surface area contributed by atoms with Crippen LogP contribution in [0.2, 0.25) is 0 Å². The Morgan fingerprint density at radius 3 is 2.80 bits per heavy atom. The highest BCUT2D eigenvalue weighted by Gasteiger charge is 2.43. The molecule has 0 fully saturated rings. The maximum absolute atomic E-state index is 13.0. The monoisotopic (exact) mass is 427 g/mol. The Hall–Kier alpha value is -3.27. The second kappa shape index (κ2) is 8.23. The van der Waals surface area contributed by atoms with Crippen molar-refractivity contribution in [2.45, 2.75) is 25.6 Å². The Bertz CT molecular complexity index is 1030. The van der Waals surface area contributed by atoms with E-state index in [1.807, 2.05) is 37.4 Å². The molecule has 2 N–H and O–H groups in total. The zero-order valence-electron chi connectivity index (χ0n) is 16.5. The van der Waals surface area contributed by atoms with Crippen LogP contribution in [-0.4, -0.2) is 33.9 Å². The molecule has 9 nitrogen and oxygen atoms in total. The number of thioether (sulfide) groups is 1. The van der Waals surface area contributed by atoms with Gasteiger partial charge in [0.1, 0.15) is 11.9 Å². The zero-order valence-corrected chi connectivity index (χ0v) is 17.3. The number of hydrogen-bond acceptors (Lipinski definition) is 8. The van der Waals surface area contributed by atoms with Crippen molar-refractivity contribution < 1.29 is 14.5 Å². The van der Waals surface area contributed by atoms with E-state index in [1.54, 1.807) is 11.1 Å². The number of hydrogen-bond donors (Lipinski definition) is 2. The average molecular weight is 427 g/mol. The molecule has 1 amide bonds. The molecule has 0 aliphatic carbocycles. The van der Waals surface area contributed by atoms with Gasteiger partial charge in [-0.3, -0.25) is 19.9 Å². The second-order valence-electron chi connectivity index (χ2n) is 6.84. The number of nitro groups is 1. The number of rotatable bonds is 5. The normalized spacial score (nSPS) is 19.7. The van der Waals surface area contributed by atoms with Gasteiger partial charge in [-0.25, -0.2) is 0 Å². The number of amides is 1. The molecule has 2 unspecified atom stereocenters. The maximum atomic E-state index is 13.0. The molecule has 0 radical (unpaired) electrons. The number of nitrogens with one attached hydrogen (secondary N) is 2. The summed E-state index contributed by atoms with van der Waals surface area (Å²) in [6.07, 6.45) is 1.99. The Morgan fingerprint density at radius 1 is 1.27 bits per heavy atom. The fourth-order valence-corrected chi connectivity index (χ4v) is 3.95. The first-order valence-electron chi connectivity index (χ1n) is 9.52. The van der Waals surface area contributed by atoms with E-state index >= 15 is 0 Å². The number of non-ortho nitro benzene ring substituents is 1. The molecule has 30 heavy (non-hydrogen) atoms. The van der Waals surface area contributed by atoms with Crippen molar-refractivity contribution in [3.8, 4) is 5.75 Å². The van der Waals surface area contributed by atoms with E-state index in [-0.39, 0.29) is 11.6 Å². The predicted octanol–water partition coefficient (Wildman–Crippen LogP) is 3.61. The molecule has 2 aliphatic rings. The lowest BCUT2D eigenvalue weighted by molar-refractivity contribution is -0.385. The molecule has 2 atom stereocenters. The number of ether oxygens (including phenoxy) is 1. The van der Waals surface area contributed by atoms with Crippen molar-refractivity contribution in [3.63, 3.8) is 0 Å². The molecule has 0 bridgehead atoms. The van der Waals surface area contributed by atoms with Crippen LogP contribution in [0.5, 0.6) is 5.75 Å². The van der Waals surface area contributed by atoms with Crippen molar-refractivity contribution in [2.75, 3.05) is 18.2 Å². The minimum atomic E-state index is -0.665. The van der Waals surface area contributed by atoms with Crippen LogP contribution in [-0.2, 0) is 4.79 Å². The lowest BCUT2D eigenvalue weighted by Crippen LogP contribution is -2.50. The van der Waals surface area contributed by atoms with Crippen LogP contribution in [0.15, 0.2) is 47.6 Å². The molecule has 0 aromatic heterocycles. The van der Waals surface area contributed by atoms with Gasteiger partial charge in [0, 0.05) is 28.9 Å². The highest BCUT2D eigenvalue weighted by molar-refractivity contribution is 8.13. The number of nitrogens with zero attached hydrogens (tertiary/aromatic N) is 3. The molecule has 0 saturated heterocycles. The van der Waals surface area contributed by atoms with Crippen LogP contribution >= 0.6 is 11.8 Å². The van der Waals surface area contributed by atoms with E-state index in [9.17, 15) is 14.9 Å². The number of amidine groups is 1. The molecule has 156 valence electrons. The Morgan fingerprint density at radius 2 is 2.07 bits per heavy atom. The molecule has 2 heterocycles. The number of para-hydroxylation sites is 1.